The number of rotatable bonds is 6. The van der Waals surface area contributed by atoms with Gasteiger partial charge in [0.15, 0.2) is 0 Å². The third-order valence-electron chi connectivity index (χ3n) is 6.32. The third-order valence-corrected chi connectivity index (χ3v) is 6.68. The molecule has 1 fully saturated rings. The lowest BCUT2D eigenvalue weighted by atomic mass is 9.93. The maximum atomic E-state index is 12.8. The van der Waals surface area contributed by atoms with Crippen molar-refractivity contribution >= 4 is 23.4 Å². The number of benzene rings is 1. The molecule has 0 saturated carbocycles. The number of nitrogens with one attached hydrogen (secondary N) is 2. The summed E-state index contributed by atoms with van der Waals surface area (Å²) in [5.74, 6) is -0.135. The minimum Gasteiger partial charge on any atom is -0.473 e. The van der Waals surface area contributed by atoms with Gasteiger partial charge in [0.05, 0.1) is 11.7 Å². The molecule has 1 unspecified atom stereocenters. The van der Waals surface area contributed by atoms with Gasteiger partial charge in [-0.3, -0.25) is 9.59 Å². The highest BCUT2D eigenvalue weighted by Gasteiger charge is 2.26. The topological polar surface area (TPSA) is 104 Å². The largest absolute Gasteiger partial charge is 0.473 e. The summed E-state index contributed by atoms with van der Waals surface area (Å²) in [5, 5.41) is 16.9. The Morgan fingerprint density at radius 1 is 1.27 bits per heavy atom. The fourth-order valence-corrected chi connectivity index (χ4v) is 4.56. The molecule has 0 aliphatic carbocycles. The van der Waals surface area contributed by atoms with Crippen molar-refractivity contribution in [3.63, 3.8) is 0 Å². The Kier molecular flexibility index (Phi) is 7.47. The van der Waals surface area contributed by atoms with Crippen LogP contribution in [-0.2, 0) is 17.8 Å². The molecule has 1 aromatic heterocycles. The number of pyridine rings is 1. The number of fused-ring (bicyclic) bond motifs is 1. The Labute approximate surface area is 198 Å². The summed E-state index contributed by atoms with van der Waals surface area (Å²) in [5.41, 5.74) is 2.68. The number of hydrogen-bond donors (Lipinski definition) is 3. The standard InChI is InChI=1S/C24H29ClN4O4/c1-15(30)29-10-7-18(8-11-29)33-24-22(25)19(6-9-26-24)23(32)28-14-21(31)20-12-16-4-2-3-5-17(16)13-27-20/h2-6,9,18,20-21,27,31H,7-8,10-14H2,1H3,(H,28,32)/t20?,21-/m1/s1. The zero-order valence-electron chi connectivity index (χ0n) is 18.6. The maximum absolute atomic E-state index is 12.8. The molecule has 0 bridgehead atoms. The molecule has 9 heteroatoms. The number of aliphatic hydroxyl groups is 1. The van der Waals surface area contributed by atoms with Crippen molar-refractivity contribution in [2.75, 3.05) is 19.6 Å². The van der Waals surface area contributed by atoms with E-state index in [1.807, 2.05) is 12.1 Å². The Morgan fingerprint density at radius 3 is 2.73 bits per heavy atom. The number of ether oxygens (including phenoxy) is 1. The molecule has 176 valence electrons. The number of hydrogen-bond acceptors (Lipinski definition) is 6. The van der Waals surface area contributed by atoms with Crippen LogP contribution in [0.4, 0.5) is 0 Å². The molecule has 33 heavy (non-hydrogen) atoms. The minimum atomic E-state index is -0.745. The summed E-state index contributed by atoms with van der Waals surface area (Å²) in [6.45, 7) is 3.58. The smallest absolute Gasteiger partial charge is 0.253 e. The van der Waals surface area contributed by atoms with Gasteiger partial charge in [-0.1, -0.05) is 35.9 Å². The van der Waals surface area contributed by atoms with Crippen molar-refractivity contribution in [3.05, 3.63) is 58.2 Å². The number of likely N-dealkylation sites (tertiary alicyclic amines) is 1. The lowest BCUT2D eigenvalue weighted by molar-refractivity contribution is -0.130. The summed E-state index contributed by atoms with van der Waals surface area (Å²) < 4.78 is 5.94. The number of halogens is 1. The molecular weight excluding hydrogens is 444 g/mol. The van der Waals surface area contributed by atoms with Crippen LogP contribution in [0.1, 0.15) is 41.3 Å². The van der Waals surface area contributed by atoms with Crippen LogP contribution in [0, 0.1) is 0 Å². The zero-order valence-corrected chi connectivity index (χ0v) is 19.3. The van der Waals surface area contributed by atoms with Crippen molar-refractivity contribution in [2.45, 2.75) is 51.0 Å². The lowest BCUT2D eigenvalue weighted by Crippen LogP contribution is -2.49. The van der Waals surface area contributed by atoms with Gasteiger partial charge in [-0.25, -0.2) is 4.98 Å². The van der Waals surface area contributed by atoms with E-state index in [9.17, 15) is 14.7 Å². The van der Waals surface area contributed by atoms with Crippen LogP contribution >= 0.6 is 11.6 Å². The van der Waals surface area contributed by atoms with Crippen LogP contribution in [0.25, 0.3) is 0 Å². The van der Waals surface area contributed by atoms with Crippen LogP contribution in [0.15, 0.2) is 36.5 Å². The molecule has 2 amide bonds. The first-order valence-electron chi connectivity index (χ1n) is 11.3. The van der Waals surface area contributed by atoms with Crippen LogP contribution in [0.3, 0.4) is 0 Å². The van der Waals surface area contributed by atoms with Crippen molar-refractivity contribution in [1.29, 1.82) is 0 Å². The Hall–Kier alpha value is -2.68. The minimum absolute atomic E-state index is 0.0538. The number of carbonyl (C=O) groups excluding carboxylic acids is 2. The second-order valence-corrected chi connectivity index (χ2v) is 8.92. The monoisotopic (exact) mass is 472 g/mol. The van der Waals surface area contributed by atoms with E-state index in [4.69, 9.17) is 16.3 Å². The highest BCUT2D eigenvalue weighted by Crippen LogP contribution is 2.28. The van der Waals surface area contributed by atoms with Gasteiger partial charge >= 0.3 is 0 Å². The first-order chi connectivity index (χ1) is 15.9. The van der Waals surface area contributed by atoms with Gasteiger partial charge in [0.25, 0.3) is 5.91 Å². The zero-order chi connectivity index (χ0) is 23.4. The molecule has 2 atom stereocenters. The molecule has 4 rings (SSSR count). The molecule has 2 aliphatic rings. The predicted molar refractivity (Wildman–Crippen MR) is 124 cm³/mol. The van der Waals surface area contributed by atoms with Gasteiger partial charge < -0.3 is 25.4 Å². The Balaban J connectivity index is 1.32. The number of aliphatic hydroxyl groups excluding tert-OH is 1. The molecule has 1 aromatic carbocycles. The highest BCUT2D eigenvalue weighted by atomic mass is 35.5. The second kappa shape index (κ2) is 10.5. The predicted octanol–water partition coefficient (Wildman–Crippen LogP) is 1.93. The Morgan fingerprint density at radius 2 is 2.00 bits per heavy atom. The molecule has 0 radical (unpaired) electrons. The molecule has 1 saturated heterocycles. The van der Waals surface area contributed by atoms with E-state index < -0.39 is 12.0 Å². The summed E-state index contributed by atoms with van der Waals surface area (Å²) in [4.78, 5) is 30.2. The third kappa shape index (κ3) is 5.63. The van der Waals surface area contributed by atoms with Crippen molar-refractivity contribution in [2.24, 2.45) is 0 Å². The van der Waals surface area contributed by atoms with E-state index in [-0.39, 0.29) is 41.1 Å². The van der Waals surface area contributed by atoms with E-state index in [1.54, 1.807) is 11.8 Å². The summed E-state index contributed by atoms with van der Waals surface area (Å²) in [7, 11) is 0. The van der Waals surface area contributed by atoms with Crippen LogP contribution in [0.5, 0.6) is 5.88 Å². The average molecular weight is 473 g/mol. The number of aromatic nitrogens is 1. The molecule has 2 aromatic rings. The van der Waals surface area contributed by atoms with Gasteiger partial charge in [0.1, 0.15) is 11.1 Å². The molecule has 3 N–H and O–H groups in total. The fourth-order valence-electron chi connectivity index (χ4n) is 4.31. The number of carbonyl (C=O) groups is 2. The molecule has 8 nitrogen and oxygen atoms in total. The fraction of sp³-hybridized carbons (Fsp3) is 0.458. The van der Waals surface area contributed by atoms with E-state index in [0.29, 0.717) is 38.9 Å². The summed E-state index contributed by atoms with van der Waals surface area (Å²) >= 11 is 6.43. The Bertz CT molecular complexity index is 1010. The summed E-state index contributed by atoms with van der Waals surface area (Å²) in [6.07, 6.45) is 2.67. The lowest BCUT2D eigenvalue weighted by Gasteiger charge is -2.31. The van der Waals surface area contributed by atoms with Crippen LogP contribution in [0.2, 0.25) is 5.02 Å². The summed E-state index contributed by atoms with van der Waals surface area (Å²) in [6, 6.07) is 9.52. The van der Waals surface area contributed by atoms with Crippen molar-refractivity contribution in [3.8, 4) is 5.88 Å². The van der Waals surface area contributed by atoms with Crippen molar-refractivity contribution in [1.82, 2.24) is 20.5 Å². The van der Waals surface area contributed by atoms with E-state index in [2.05, 4.69) is 27.8 Å². The molecule has 3 heterocycles. The van der Waals surface area contributed by atoms with Gasteiger partial charge in [-0.15, -0.1) is 0 Å². The number of nitrogens with zero attached hydrogens (tertiary/aromatic N) is 2. The SMILES string of the molecule is CC(=O)N1CCC(Oc2nccc(C(=O)NC[C@@H](O)C3Cc4ccccc4CN3)c2Cl)CC1. The van der Waals surface area contributed by atoms with Gasteiger partial charge in [0, 0.05) is 58.2 Å². The average Bonchev–Trinajstić information content (AvgIpc) is 2.83. The molecule has 2 aliphatic heterocycles. The van der Waals surface area contributed by atoms with Gasteiger partial charge in [-0.2, -0.15) is 0 Å². The molecule has 0 spiro atoms. The highest BCUT2D eigenvalue weighted by molar-refractivity contribution is 6.35. The first kappa shape index (κ1) is 23.5. The normalized spacial score (nSPS) is 19.5. The number of amides is 2. The van der Waals surface area contributed by atoms with Crippen molar-refractivity contribution < 1.29 is 19.4 Å². The van der Waals surface area contributed by atoms with E-state index in [1.165, 1.54) is 23.4 Å². The maximum Gasteiger partial charge on any atom is 0.253 e. The van der Waals surface area contributed by atoms with Gasteiger partial charge in [-0.05, 0) is 23.6 Å². The van der Waals surface area contributed by atoms with Crippen LogP contribution in [-0.4, -0.2) is 64.7 Å². The van der Waals surface area contributed by atoms with Crippen LogP contribution < -0.4 is 15.4 Å². The quantitative estimate of drug-likeness (QED) is 0.593. The van der Waals surface area contributed by atoms with E-state index >= 15 is 0 Å². The first-order valence-corrected chi connectivity index (χ1v) is 11.6. The number of piperidine rings is 1. The second-order valence-electron chi connectivity index (χ2n) is 8.54. The van der Waals surface area contributed by atoms with E-state index in [0.717, 1.165) is 0 Å². The molecular formula is C24H29ClN4O4. The van der Waals surface area contributed by atoms with Gasteiger partial charge in [0.2, 0.25) is 11.8 Å².